The summed E-state index contributed by atoms with van der Waals surface area (Å²) in [6, 6.07) is 2.23. The lowest BCUT2D eigenvalue weighted by molar-refractivity contribution is 0.0854. The number of benzene rings is 1. The van der Waals surface area contributed by atoms with Crippen LogP contribution in [0.2, 0.25) is 0 Å². The number of halogens is 3. The van der Waals surface area contributed by atoms with E-state index >= 15 is 0 Å². The molecule has 8 nitrogen and oxygen atoms in total. The van der Waals surface area contributed by atoms with E-state index in [2.05, 4.69) is 25.6 Å². The summed E-state index contributed by atoms with van der Waals surface area (Å²) in [6.07, 6.45) is 3.73. The first-order valence-electron chi connectivity index (χ1n) is 9.43. The van der Waals surface area contributed by atoms with Gasteiger partial charge >= 0.3 is 0 Å². The zero-order valence-electron chi connectivity index (χ0n) is 17.5. The Labute approximate surface area is 178 Å². The van der Waals surface area contributed by atoms with Gasteiger partial charge in [0.1, 0.15) is 5.82 Å². The number of nitrogens with zero attached hydrogens (tertiary/aromatic N) is 3. The van der Waals surface area contributed by atoms with E-state index in [1.807, 2.05) is 13.8 Å². The number of hydrogen-bond donors (Lipinski definition) is 3. The Bertz CT molecular complexity index is 937. The molecule has 0 aliphatic heterocycles. The normalized spacial score (nSPS) is 11.9. The van der Waals surface area contributed by atoms with Gasteiger partial charge in [0.05, 0.1) is 38.3 Å². The molecule has 168 valence electrons. The van der Waals surface area contributed by atoms with Crippen LogP contribution < -0.4 is 21.1 Å². The van der Waals surface area contributed by atoms with E-state index in [0.717, 1.165) is 12.3 Å². The second-order valence-corrected chi connectivity index (χ2v) is 6.49. The monoisotopic (exact) mass is 438 g/mol. The molecule has 0 aliphatic carbocycles. The molecule has 0 fully saturated rings. The van der Waals surface area contributed by atoms with Gasteiger partial charge in [-0.1, -0.05) is 0 Å². The number of nitrogens with one attached hydrogen (secondary N) is 2. The molecule has 0 atom stereocenters. The van der Waals surface area contributed by atoms with Crippen molar-refractivity contribution < 1.29 is 22.6 Å². The molecule has 1 heterocycles. The van der Waals surface area contributed by atoms with E-state index in [9.17, 15) is 13.2 Å². The molecule has 2 rings (SSSR count). The zero-order chi connectivity index (χ0) is 22.8. The molecule has 11 heteroatoms. The summed E-state index contributed by atoms with van der Waals surface area (Å²) in [5.41, 5.74) is 5.61. The topological polar surface area (TPSA) is 107 Å². The molecule has 0 radical (unpaired) electrons. The van der Waals surface area contributed by atoms with Crippen LogP contribution >= 0.6 is 0 Å². The van der Waals surface area contributed by atoms with E-state index in [4.69, 9.17) is 15.2 Å². The molecule has 0 amide bonds. The maximum Gasteiger partial charge on any atom is 0.229 e. The van der Waals surface area contributed by atoms with Crippen molar-refractivity contribution in [2.24, 2.45) is 10.7 Å². The van der Waals surface area contributed by atoms with Crippen LogP contribution in [0.15, 0.2) is 35.2 Å². The van der Waals surface area contributed by atoms with Crippen molar-refractivity contribution in [1.29, 1.82) is 0 Å². The van der Waals surface area contributed by atoms with Gasteiger partial charge in [-0.25, -0.2) is 18.2 Å². The fourth-order valence-electron chi connectivity index (χ4n) is 2.37. The molecule has 2 aromatic rings. The first-order chi connectivity index (χ1) is 14.8. The molecule has 31 heavy (non-hydrogen) atoms. The van der Waals surface area contributed by atoms with Crippen LogP contribution in [-0.4, -0.2) is 42.5 Å². The molecule has 0 bridgehead atoms. The highest BCUT2D eigenvalue weighted by Crippen LogP contribution is 2.24. The van der Waals surface area contributed by atoms with Gasteiger partial charge in [-0.3, -0.25) is 4.99 Å². The van der Waals surface area contributed by atoms with Crippen molar-refractivity contribution >= 4 is 18.0 Å². The minimum absolute atomic E-state index is 0.0112. The van der Waals surface area contributed by atoms with Crippen LogP contribution in [0.4, 0.5) is 24.9 Å². The highest BCUT2D eigenvalue weighted by molar-refractivity contribution is 5.82. The van der Waals surface area contributed by atoms with E-state index in [0.29, 0.717) is 18.8 Å². The lowest BCUT2D eigenvalue weighted by Crippen LogP contribution is -2.12. The highest BCUT2D eigenvalue weighted by Gasteiger charge is 2.15. The van der Waals surface area contributed by atoms with E-state index in [1.54, 1.807) is 0 Å². The second-order valence-electron chi connectivity index (χ2n) is 6.49. The number of nitrogens with two attached hydrogens (primary N) is 1. The Kier molecular flexibility index (Phi) is 9.07. The van der Waals surface area contributed by atoms with Crippen molar-refractivity contribution in [3.05, 3.63) is 53.2 Å². The van der Waals surface area contributed by atoms with E-state index < -0.39 is 17.5 Å². The third-order valence-corrected chi connectivity index (χ3v) is 3.88. The van der Waals surface area contributed by atoms with Crippen molar-refractivity contribution in [3.8, 4) is 5.75 Å². The summed E-state index contributed by atoms with van der Waals surface area (Å²) in [6.45, 7) is 4.35. The third kappa shape index (κ3) is 7.14. The van der Waals surface area contributed by atoms with Gasteiger partial charge in [-0.15, -0.1) is 0 Å². The Morgan fingerprint density at radius 3 is 2.71 bits per heavy atom. The maximum atomic E-state index is 14.3. The fourth-order valence-corrected chi connectivity index (χ4v) is 2.37. The van der Waals surface area contributed by atoms with Crippen LogP contribution in [0.25, 0.3) is 0 Å². The first-order valence-corrected chi connectivity index (χ1v) is 9.43. The molecule has 0 unspecified atom stereocenters. The minimum atomic E-state index is -0.881. The number of aliphatic imine (C=N–C) groups is 1. The molecular formula is C20H25F3N6O2. The summed E-state index contributed by atoms with van der Waals surface area (Å²) >= 11 is 0. The van der Waals surface area contributed by atoms with E-state index in [-0.39, 0.29) is 35.7 Å². The molecule has 0 aliphatic rings. The predicted molar refractivity (Wildman–Crippen MR) is 113 cm³/mol. The van der Waals surface area contributed by atoms with Gasteiger partial charge in [0.2, 0.25) is 5.95 Å². The molecule has 0 saturated carbocycles. The Morgan fingerprint density at radius 2 is 2.03 bits per heavy atom. The summed E-state index contributed by atoms with van der Waals surface area (Å²) in [4.78, 5) is 12.0. The van der Waals surface area contributed by atoms with Gasteiger partial charge < -0.3 is 25.8 Å². The molecule has 1 aromatic carbocycles. The van der Waals surface area contributed by atoms with Gasteiger partial charge in [-0.2, -0.15) is 4.98 Å². The number of anilines is 2. The zero-order valence-corrected chi connectivity index (χ0v) is 17.5. The number of ether oxygens (including phenoxy) is 2. The summed E-state index contributed by atoms with van der Waals surface area (Å²) in [5.74, 6) is -2.85. The first kappa shape index (κ1) is 23.9. The second kappa shape index (κ2) is 11.7. The molecule has 0 spiro atoms. The number of aromatic nitrogens is 2. The van der Waals surface area contributed by atoms with Gasteiger partial charge in [0.25, 0.3) is 0 Å². The van der Waals surface area contributed by atoms with Crippen LogP contribution in [0.3, 0.4) is 0 Å². The van der Waals surface area contributed by atoms with Crippen LogP contribution in [-0.2, 0) is 11.3 Å². The summed E-state index contributed by atoms with van der Waals surface area (Å²) < 4.78 is 52.5. The van der Waals surface area contributed by atoms with Gasteiger partial charge in [0.15, 0.2) is 23.2 Å². The van der Waals surface area contributed by atoms with Crippen molar-refractivity contribution in [2.45, 2.75) is 26.5 Å². The van der Waals surface area contributed by atoms with Crippen molar-refractivity contribution in [1.82, 2.24) is 9.97 Å². The van der Waals surface area contributed by atoms with Gasteiger partial charge in [0, 0.05) is 24.5 Å². The lowest BCUT2D eigenvalue weighted by atomic mass is 10.2. The number of rotatable bonds is 11. The van der Waals surface area contributed by atoms with E-state index in [1.165, 1.54) is 25.6 Å². The smallest absolute Gasteiger partial charge is 0.229 e. The number of hydrogen-bond acceptors (Lipinski definition) is 8. The molecule has 1 aromatic heterocycles. The van der Waals surface area contributed by atoms with Crippen molar-refractivity contribution in [2.75, 3.05) is 30.9 Å². The SMILES string of the molecule is COc1ccc(F)c(CNc2nc(N/C(C=NCCOC(C)C)=C/N)ncc2F)c1F. The average Bonchev–Trinajstić information content (AvgIpc) is 2.74. The van der Waals surface area contributed by atoms with Gasteiger partial charge in [-0.05, 0) is 26.0 Å². The fraction of sp³-hybridized carbons (Fsp3) is 0.350. The number of allylic oxidation sites excluding steroid dienone is 1. The summed E-state index contributed by atoms with van der Waals surface area (Å²) in [5, 5.41) is 5.35. The van der Waals surface area contributed by atoms with Crippen LogP contribution in [0, 0.1) is 17.5 Å². The predicted octanol–water partition coefficient (Wildman–Crippen LogP) is 3.22. The van der Waals surface area contributed by atoms with Crippen LogP contribution in [0.1, 0.15) is 19.4 Å². The lowest BCUT2D eigenvalue weighted by Gasteiger charge is -2.12. The summed E-state index contributed by atoms with van der Waals surface area (Å²) in [7, 11) is 1.26. The largest absolute Gasteiger partial charge is 0.494 e. The quantitative estimate of drug-likeness (QED) is 0.365. The third-order valence-electron chi connectivity index (χ3n) is 3.88. The maximum absolute atomic E-state index is 14.3. The Morgan fingerprint density at radius 1 is 1.26 bits per heavy atom. The Hall–Kier alpha value is -3.34. The highest BCUT2D eigenvalue weighted by atomic mass is 19.1. The molecular weight excluding hydrogens is 413 g/mol. The number of methoxy groups -OCH3 is 1. The molecule has 4 N–H and O–H groups in total. The van der Waals surface area contributed by atoms with Crippen molar-refractivity contribution in [3.63, 3.8) is 0 Å². The average molecular weight is 438 g/mol. The van der Waals surface area contributed by atoms with Crippen LogP contribution in [0.5, 0.6) is 5.75 Å². The molecule has 0 saturated heterocycles. The minimum Gasteiger partial charge on any atom is -0.494 e. The Balaban J connectivity index is 2.06. The standard InChI is InChI=1S/C20H25F3N6O2/c1-12(2)31-7-6-25-9-13(8-24)28-20-27-11-16(22)19(29-20)26-10-14-15(21)4-5-17(30-3)18(14)23/h4-5,8-9,11-12H,6-7,10,24H2,1-3H3,(H2,26,27,28,29)/b13-8+,25-9?.